The highest BCUT2D eigenvalue weighted by Gasteiger charge is 2.09. The van der Waals surface area contributed by atoms with E-state index in [2.05, 4.69) is 0 Å². The van der Waals surface area contributed by atoms with Crippen LogP contribution in [0, 0.1) is 11.3 Å². The van der Waals surface area contributed by atoms with Gasteiger partial charge in [-0.05, 0) is 12.1 Å². The summed E-state index contributed by atoms with van der Waals surface area (Å²) in [4.78, 5) is 0. The first-order valence-corrected chi connectivity index (χ1v) is 3.05. The van der Waals surface area contributed by atoms with E-state index in [-0.39, 0.29) is 12.4 Å². The maximum absolute atomic E-state index is 8.90. The molecular formula is C7H7NO3. The number of furan rings is 1. The van der Waals surface area contributed by atoms with Gasteiger partial charge < -0.3 is 14.6 Å². The molecule has 0 aliphatic rings. The number of nitriles is 1. The molecule has 4 nitrogen and oxygen atoms in total. The Balaban J connectivity index is 2.82. The standard InChI is InChI=1S/C7H7NO3/c8-3-6(10)7-2-1-5(4-9)11-7/h1-2,6,9-10H,4H2. The van der Waals surface area contributed by atoms with E-state index in [1.54, 1.807) is 6.07 Å². The van der Waals surface area contributed by atoms with Crippen molar-refractivity contribution in [1.29, 1.82) is 5.26 Å². The van der Waals surface area contributed by atoms with Crippen LogP contribution in [0.4, 0.5) is 0 Å². The summed E-state index contributed by atoms with van der Waals surface area (Å²) in [6, 6.07) is 4.57. The molecular weight excluding hydrogens is 146 g/mol. The van der Waals surface area contributed by atoms with E-state index in [0.717, 1.165) is 0 Å². The van der Waals surface area contributed by atoms with Crippen LogP contribution in [0.15, 0.2) is 16.5 Å². The predicted molar refractivity (Wildman–Crippen MR) is 35.2 cm³/mol. The first kappa shape index (κ1) is 7.79. The van der Waals surface area contributed by atoms with Crippen molar-refractivity contribution in [2.75, 3.05) is 0 Å². The van der Waals surface area contributed by atoms with Crippen LogP contribution in [0.1, 0.15) is 17.6 Å². The molecule has 1 aromatic heterocycles. The van der Waals surface area contributed by atoms with Gasteiger partial charge in [0.25, 0.3) is 0 Å². The molecule has 1 atom stereocenters. The molecule has 1 aromatic rings. The van der Waals surface area contributed by atoms with Gasteiger partial charge in [0.1, 0.15) is 24.2 Å². The summed E-state index contributed by atoms with van der Waals surface area (Å²) in [5.41, 5.74) is 0. The fourth-order valence-corrected chi connectivity index (χ4v) is 0.690. The third-order valence-corrected chi connectivity index (χ3v) is 1.23. The van der Waals surface area contributed by atoms with Gasteiger partial charge in [0.15, 0.2) is 6.10 Å². The van der Waals surface area contributed by atoms with E-state index in [0.29, 0.717) is 5.76 Å². The molecule has 0 radical (unpaired) electrons. The highest BCUT2D eigenvalue weighted by molar-refractivity contribution is 5.13. The van der Waals surface area contributed by atoms with Gasteiger partial charge in [-0.1, -0.05) is 0 Å². The molecule has 58 valence electrons. The van der Waals surface area contributed by atoms with E-state index in [4.69, 9.17) is 19.9 Å². The number of aliphatic hydroxyl groups is 2. The van der Waals surface area contributed by atoms with Crippen molar-refractivity contribution in [3.05, 3.63) is 23.7 Å². The number of rotatable bonds is 2. The SMILES string of the molecule is N#CC(O)c1ccc(CO)o1. The molecule has 0 saturated heterocycles. The Morgan fingerprint density at radius 1 is 1.64 bits per heavy atom. The Bertz CT molecular complexity index is 273. The monoisotopic (exact) mass is 153 g/mol. The second-order valence-electron chi connectivity index (χ2n) is 1.99. The second kappa shape index (κ2) is 3.19. The van der Waals surface area contributed by atoms with Crippen molar-refractivity contribution in [2.45, 2.75) is 12.7 Å². The third-order valence-electron chi connectivity index (χ3n) is 1.23. The van der Waals surface area contributed by atoms with Crippen LogP contribution in [-0.4, -0.2) is 10.2 Å². The summed E-state index contributed by atoms with van der Waals surface area (Å²) >= 11 is 0. The minimum Gasteiger partial charge on any atom is -0.460 e. The van der Waals surface area contributed by atoms with Gasteiger partial charge in [-0.15, -0.1) is 0 Å². The molecule has 0 aromatic carbocycles. The van der Waals surface area contributed by atoms with Crippen molar-refractivity contribution in [1.82, 2.24) is 0 Å². The quantitative estimate of drug-likeness (QED) is 0.600. The molecule has 0 aliphatic carbocycles. The molecule has 2 N–H and O–H groups in total. The minimum atomic E-state index is -1.24. The van der Waals surface area contributed by atoms with E-state index in [9.17, 15) is 0 Å². The van der Waals surface area contributed by atoms with Gasteiger partial charge >= 0.3 is 0 Å². The van der Waals surface area contributed by atoms with Crippen molar-refractivity contribution in [3.8, 4) is 6.07 Å². The van der Waals surface area contributed by atoms with Crippen LogP contribution in [0.25, 0.3) is 0 Å². The lowest BCUT2D eigenvalue weighted by atomic mass is 10.3. The number of nitrogens with zero attached hydrogens (tertiary/aromatic N) is 1. The summed E-state index contributed by atoms with van der Waals surface area (Å²) in [5, 5.41) is 25.7. The molecule has 0 saturated carbocycles. The Labute approximate surface area is 63.3 Å². The van der Waals surface area contributed by atoms with Crippen molar-refractivity contribution >= 4 is 0 Å². The topological polar surface area (TPSA) is 77.4 Å². The van der Waals surface area contributed by atoms with E-state index in [1.165, 1.54) is 12.1 Å². The molecule has 1 heterocycles. The van der Waals surface area contributed by atoms with Gasteiger partial charge in [0.2, 0.25) is 0 Å². The zero-order valence-electron chi connectivity index (χ0n) is 5.69. The van der Waals surface area contributed by atoms with Crippen LogP contribution in [0.3, 0.4) is 0 Å². The van der Waals surface area contributed by atoms with Gasteiger partial charge in [-0.2, -0.15) is 5.26 Å². The fraction of sp³-hybridized carbons (Fsp3) is 0.286. The van der Waals surface area contributed by atoms with Crippen molar-refractivity contribution < 1.29 is 14.6 Å². The lowest BCUT2D eigenvalue weighted by Gasteiger charge is -1.93. The zero-order valence-corrected chi connectivity index (χ0v) is 5.69. The molecule has 0 amide bonds. The number of hydrogen-bond acceptors (Lipinski definition) is 4. The van der Waals surface area contributed by atoms with Gasteiger partial charge in [-0.3, -0.25) is 0 Å². The van der Waals surface area contributed by atoms with Crippen LogP contribution in [0.2, 0.25) is 0 Å². The Morgan fingerprint density at radius 3 is 2.82 bits per heavy atom. The van der Waals surface area contributed by atoms with Crippen LogP contribution >= 0.6 is 0 Å². The molecule has 0 fully saturated rings. The molecule has 11 heavy (non-hydrogen) atoms. The molecule has 1 unspecified atom stereocenters. The zero-order chi connectivity index (χ0) is 8.27. The van der Waals surface area contributed by atoms with Crippen LogP contribution < -0.4 is 0 Å². The largest absolute Gasteiger partial charge is 0.460 e. The number of hydrogen-bond donors (Lipinski definition) is 2. The van der Waals surface area contributed by atoms with Crippen molar-refractivity contribution in [2.24, 2.45) is 0 Å². The van der Waals surface area contributed by atoms with E-state index < -0.39 is 6.10 Å². The second-order valence-corrected chi connectivity index (χ2v) is 1.99. The molecule has 0 spiro atoms. The molecule has 1 rings (SSSR count). The lowest BCUT2D eigenvalue weighted by Crippen LogP contribution is -1.89. The van der Waals surface area contributed by atoms with Gasteiger partial charge in [0, 0.05) is 0 Å². The predicted octanol–water partition coefficient (Wildman–Crippen LogP) is 0.329. The van der Waals surface area contributed by atoms with Crippen LogP contribution in [0.5, 0.6) is 0 Å². The lowest BCUT2D eigenvalue weighted by molar-refractivity contribution is 0.188. The Hall–Kier alpha value is -1.31. The van der Waals surface area contributed by atoms with Crippen molar-refractivity contribution in [3.63, 3.8) is 0 Å². The maximum atomic E-state index is 8.90. The summed E-state index contributed by atoms with van der Waals surface area (Å²) in [6.07, 6.45) is -1.24. The Kier molecular flexibility index (Phi) is 2.26. The smallest absolute Gasteiger partial charge is 0.198 e. The minimum absolute atomic E-state index is 0.163. The first-order chi connectivity index (χ1) is 5.27. The number of aliphatic hydroxyl groups excluding tert-OH is 2. The average molecular weight is 153 g/mol. The summed E-state index contributed by atoms with van der Waals surface area (Å²) < 4.78 is 4.86. The molecule has 0 bridgehead atoms. The summed E-state index contributed by atoms with van der Waals surface area (Å²) in [5.74, 6) is 0.505. The average Bonchev–Trinajstić information content (AvgIpc) is 2.50. The van der Waals surface area contributed by atoms with Crippen LogP contribution in [-0.2, 0) is 6.61 Å². The highest BCUT2D eigenvalue weighted by Crippen LogP contribution is 2.15. The normalized spacial score (nSPS) is 12.5. The van der Waals surface area contributed by atoms with E-state index >= 15 is 0 Å². The third kappa shape index (κ3) is 1.58. The first-order valence-electron chi connectivity index (χ1n) is 3.05. The fourth-order valence-electron chi connectivity index (χ4n) is 0.690. The summed E-state index contributed by atoms with van der Waals surface area (Å²) in [6.45, 7) is -0.224. The molecule has 4 heteroatoms. The Morgan fingerprint density at radius 2 is 2.36 bits per heavy atom. The van der Waals surface area contributed by atoms with E-state index in [1.807, 2.05) is 0 Å². The summed E-state index contributed by atoms with van der Waals surface area (Å²) in [7, 11) is 0. The van der Waals surface area contributed by atoms with Gasteiger partial charge in [0.05, 0.1) is 0 Å². The maximum Gasteiger partial charge on any atom is 0.198 e. The molecule has 0 aliphatic heterocycles. The van der Waals surface area contributed by atoms with Gasteiger partial charge in [-0.25, -0.2) is 0 Å². The highest BCUT2D eigenvalue weighted by atomic mass is 16.4.